The molecule has 2 aromatic carbocycles. The minimum Gasteiger partial charge on any atom is -0.497 e. The number of nitrogens with zero attached hydrogens (tertiary/aromatic N) is 3. The molecule has 3 aromatic rings. The predicted octanol–water partition coefficient (Wildman–Crippen LogP) is 3.68. The van der Waals surface area contributed by atoms with Crippen molar-refractivity contribution in [2.24, 2.45) is 0 Å². The van der Waals surface area contributed by atoms with Gasteiger partial charge in [0.05, 0.1) is 19.3 Å². The molecule has 4 rings (SSSR count). The highest BCUT2D eigenvalue weighted by atomic mass is 35.5. The molecular formula is C21H24ClN5O3. The molecule has 1 aromatic heterocycles. The molecule has 1 saturated heterocycles. The van der Waals surface area contributed by atoms with E-state index in [2.05, 4.69) is 20.9 Å². The van der Waals surface area contributed by atoms with Crippen molar-refractivity contribution in [3.05, 3.63) is 60.4 Å². The summed E-state index contributed by atoms with van der Waals surface area (Å²) in [6, 6.07) is 14.8. The Hall–Kier alpha value is -3.10. The van der Waals surface area contributed by atoms with Crippen molar-refractivity contribution in [3.63, 3.8) is 0 Å². The topological polar surface area (TPSA) is 90.3 Å². The van der Waals surface area contributed by atoms with Crippen molar-refractivity contribution < 1.29 is 14.3 Å². The summed E-state index contributed by atoms with van der Waals surface area (Å²) >= 11 is 0. The highest BCUT2D eigenvalue weighted by molar-refractivity contribution is 6.02. The van der Waals surface area contributed by atoms with E-state index >= 15 is 0 Å². The third-order valence-electron chi connectivity index (χ3n) is 4.81. The smallest absolute Gasteiger partial charge is 0.277 e. The van der Waals surface area contributed by atoms with E-state index in [0.29, 0.717) is 28.9 Å². The maximum atomic E-state index is 12.5. The minimum atomic E-state index is -0.286. The number of rotatable bonds is 6. The van der Waals surface area contributed by atoms with E-state index in [1.807, 2.05) is 18.2 Å². The average molecular weight is 430 g/mol. The van der Waals surface area contributed by atoms with Crippen LogP contribution < -0.4 is 20.1 Å². The first-order valence-electron chi connectivity index (χ1n) is 9.57. The number of hydrogen-bond donors (Lipinski definition) is 2. The molecule has 1 amide bonds. The number of methoxy groups -OCH3 is 1. The second-order valence-corrected chi connectivity index (χ2v) is 6.82. The summed E-state index contributed by atoms with van der Waals surface area (Å²) in [5, 5.41) is 14.3. The largest absolute Gasteiger partial charge is 0.497 e. The Balaban J connectivity index is 0.00000256. The van der Waals surface area contributed by atoms with E-state index in [0.717, 1.165) is 31.7 Å². The molecule has 2 N–H and O–H groups in total. The van der Waals surface area contributed by atoms with Gasteiger partial charge in [0, 0.05) is 11.8 Å². The molecular weight excluding hydrogens is 406 g/mol. The fourth-order valence-corrected chi connectivity index (χ4v) is 3.23. The second kappa shape index (κ2) is 10.1. The number of benzene rings is 2. The molecule has 0 unspecified atom stereocenters. The van der Waals surface area contributed by atoms with Gasteiger partial charge < -0.3 is 20.1 Å². The number of anilines is 1. The number of halogens is 1. The number of piperidine rings is 1. The lowest BCUT2D eigenvalue weighted by Gasteiger charge is -2.22. The Bertz CT molecular complexity index is 971. The van der Waals surface area contributed by atoms with Gasteiger partial charge in [0.1, 0.15) is 17.2 Å². The molecule has 0 atom stereocenters. The molecule has 1 aliphatic heterocycles. The summed E-state index contributed by atoms with van der Waals surface area (Å²) in [6.07, 6.45) is 3.68. The summed E-state index contributed by atoms with van der Waals surface area (Å²) < 4.78 is 12.8. The molecule has 1 aliphatic rings. The van der Waals surface area contributed by atoms with Crippen molar-refractivity contribution in [1.29, 1.82) is 0 Å². The third kappa shape index (κ3) is 5.28. The number of nitrogens with one attached hydrogen (secondary N) is 2. The standard InChI is InChI=1S/C21H23N5O3.ClH/c1-28-18-3-2-4-19(13-18)29-17-7-5-15(6-8-17)23-21(27)20-14-26(25-24-20)16-9-11-22-12-10-16;/h2-8,13-14,16,22H,9-12H2,1H3,(H,23,27);1H. The van der Waals surface area contributed by atoms with E-state index in [1.54, 1.807) is 48.3 Å². The van der Waals surface area contributed by atoms with E-state index in [9.17, 15) is 4.79 Å². The first-order valence-corrected chi connectivity index (χ1v) is 9.57. The van der Waals surface area contributed by atoms with Gasteiger partial charge in [0.15, 0.2) is 5.69 Å². The number of ether oxygens (including phenoxy) is 2. The fraction of sp³-hybridized carbons (Fsp3) is 0.286. The summed E-state index contributed by atoms with van der Waals surface area (Å²) in [5.41, 5.74) is 0.963. The lowest BCUT2D eigenvalue weighted by Crippen LogP contribution is -2.29. The van der Waals surface area contributed by atoms with Crippen LogP contribution in [0.5, 0.6) is 17.2 Å². The Labute approximate surface area is 181 Å². The van der Waals surface area contributed by atoms with Crippen LogP contribution >= 0.6 is 12.4 Å². The summed E-state index contributed by atoms with van der Waals surface area (Å²) in [4.78, 5) is 12.5. The normalized spacial score (nSPS) is 13.9. The van der Waals surface area contributed by atoms with Crippen LogP contribution in [0.3, 0.4) is 0 Å². The van der Waals surface area contributed by atoms with Gasteiger partial charge in [-0.15, -0.1) is 17.5 Å². The molecule has 2 heterocycles. The van der Waals surface area contributed by atoms with Gasteiger partial charge in [-0.25, -0.2) is 4.68 Å². The van der Waals surface area contributed by atoms with Crippen molar-refractivity contribution in [2.75, 3.05) is 25.5 Å². The zero-order valence-corrected chi connectivity index (χ0v) is 17.4. The van der Waals surface area contributed by atoms with Crippen molar-refractivity contribution in [2.45, 2.75) is 18.9 Å². The van der Waals surface area contributed by atoms with E-state index in [-0.39, 0.29) is 18.3 Å². The van der Waals surface area contributed by atoms with Gasteiger partial charge in [0.25, 0.3) is 5.91 Å². The van der Waals surface area contributed by atoms with Gasteiger partial charge in [-0.1, -0.05) is 11.3 Å². The molecule has 0 aliphatic carbocycles. The van der Waals surface area contributed by atoms with Crippen LogP contribution in [0.4, 0.5) is 5.69 Å². The first-order chi connectivity index (χ1) is 14.2. The second-order valence-electron chi connectivity index (χ2n) is 6.82. The Kier molecular flexibility index (Phi) is 7.26. The molecule has 0 saturated carbocycles. The van der Waals surface area contributed by atoms with Gasteiger partial charge in [-0.3, -0.25) is 4.79 Å². The Morgan fingerprint density at radius 3 is 2.57 bits per heavy atom. The molecule has 8 nitrogen and oxygen atoms in total. The zero-order valence-electron chi connectivity index (χ0n) is 16.6. The average Bonchev–Trinajstić information content (AvgIpc) is 3.26. The van der Waals surface area contributed by atoms with Crippen LogP contribution in [0.1, 0.15) is 29.4 Å². The molecule has 9 heteroatoms. The van der Waals surface area contributed by atoms with Crippen LogP contribution in [0, 0.1) is 0 Å². The number of amides is 1. The van der Waals surface area contributed by atoms with E-state index in [4.69, 9.17) is 9.47 Å². The maximum absolute atomic E-state index is 12.5. The number of aromatic nitrogens is 3. The van der Waals surface area contributed by atoms with Crippen molar-refractivity contribution in [1.82, 2.24) is 20.3 Å². The minimum absolute atomic E-state index is 0. The monoisotopic (exact) mass is 429 g/mol. The van der Waals surface area contributed by atoms with Crippen LogP contribution in [-0.2, 0) is 0 Å². The molecule has 158 valence electrons. The molecule has 30 heavy (non-hydrogen) atoms. The van der Waals surface area contributed by atoms with Crippen LogP contribution in [0.25, 0.3) is 0 Å². The quantitative estimate of drug-likeness (QED) is 0.621. The highest BCUT2D eigenvalue weighted by Crippen LogP contribution is 2.26. The highest BCUT2D eigenvalue weighted by Gasteiger charge is 2.18. The SMILES string of the molecule is COc1cccc(Oc2ccc(NC(=O)c3cn(C4CCNCC4)nn3)cc2)c1.Cl. The first kappa shape index (κ1) is 21.6. The number of hydrogen-bond acceptors (Lipinski definition) is 6. The number of carbonyl (C=O) groups is 1. The van der Waals surface area contributed by atoms with Crippen molar-refractivity contribution in [3.8, 4) is 17.2 Å². The Morgan fingerprint density at radius 1 is 1.10 bits per heavy atom. The maximum Gasteiger partial charge on any atom is 0.277 e. The summed E-state index contributed by atoms with van der Waals surface area (Å²) in [5.74, 6) is 1.78. The molecule has 0 radical (unpaired) electrons. The zero-order chi connectivity index (χ0) is 20.1. The van der Waals surface area contributed by atoms with Crippen LogP contribution in [-0.4, -0.2) is 41.1 Å². The van der Waals surface area contributed by atoms with Gasteiger partial charge in [-0.2, -0.15) is 0 Å². The summed E-state index contributed by atoms with van der Waals surface area (Å²) in [6.45, 7) is 1.91. The van der Waals surface area contributed by atoms with Crippen LogP contribution in [0.2, 0.25) is 0 Å². The van der Waals surface area contributed by atoms with E-state index < -0.39 is 0 Å². The lowest BCUT2D eigenvalue weighted by atomic mass is 10.1. The fourth-order valence-electron chi connectivity index (χ4n) is 3.23. The summed E-state index contributed by atoms with van der Waals surface area (Å²) in [7, 11) is 1.61. The molecule has 0 bridgehead atoms. The van der Waals surface area contributed by atoms with Gasteiger partial charge in [-0.05, 0) is 62.3 Å². The lowest BCUT2D eigenvalue weighted by molar-refractivity contribution is 0.102. The molecule has 1 fully saturated rings. The molecule has 0 spiro atoms. The predicted molar refractivity (Wildman–Crippen MR) is 116 cm³/mol. The third-order valence-corrected chi connectivity index (χ3v) is 4.81. The Morgan fingerprint density at radius 2 is 1.83 bits per heavy atom. The van der Waals surface area contributed by atoms with Gasteiger partial charge in [0.2, 0.25) is 0 Å². The van der Waals surface area contributed by atoms with Gasteiger partial charge >= 0.3 is 0 Å². The number of carbonyl (C=O) groups excluding carboxylic acids is 1. The van der Waals surface area contributed by atoms with Crippen molar-refractivity contribution >= 4 is 24.0 Å². The van der Waals surface area contributed by atoms with Crippen LogP contribution in [0.15, 0.2) is 54.7 Å². The van der Waals surface area contributed by atoms with E-state index in [1.165, 1.54) is 0 Å².